The maximum Gasteiger partial charge on any atom is 0.243 e. The molecular weight excluding hydrogens is 431 g/mol. The zero-order valence-electron chi connectivity index (χ0n) is 17.3. The smallest absolute Gasteiger partial charge is 0.243 e. The highest BCUT2D eigenvalue weighted by molar-refractivity contribution is 7.89. The first-order valence-corrected chi connectivity index (χ1v) is 11.8. The van der Waals surface area contributed by atoms with Crippen molar-refractivity contribution in [3.8, 4) is 11.5 Å². The third-order valence-electron chi connectivity index (χ3n) is 5.31. The number of carbonyl (C=O) groups excluding carboxylic acids is 1. The second-order valence-corrected chi connectivity index (χ2v) is 9.52. The first-order chi connectivity index (χ1) is 15.4. The number of piperidine rings is 1. The van der Waals surface area contributed by atoms with E-state index in [4.69, 9.17) is 4.74 Å². The molecule has 1 fully saturated rings. The molecule has 166 valence electrons. The number of nitrogens with zero attached hydrogens (tertiary/aromatic N) is 1. The summed E-state index contributed by atoms with van der Waals surface area (Å²) in [5, 5.41) is 2.86. The summed E-state index contributed by atoms with van der Waals surface area (Å²) in [4.78, 5) is 12.8. The van der Waals surface area contributed by atoms with Crippen molar-refractivity contribution >= 4 is 21.6 Å². The van der Waals surface area contributed by atoms with Gasteiger partial charge in [0, 0.05) is 18.8 Å². The zero-order valence-corrected chi connectivity index (χ0v) is 18.1. The van der Waals surface area contributed by atoms with Crippen LogP contribution in [0.4, 0.5) is 10.1 Å². The van der Waals surface area contributed by atoms with Crippen LogP contribution in [0.5, 0.6) is 11.5 Å². The highest BCUT2D eigenvalue weighted by atomic mass is 32.2. The lowest BCUT2D eigenvalue weighted by molar-refractivity contribution is -0.120. The van der Waals surface area contributed by atoms with Gasteiger partial charge in [0.1, 0.15) is 17.3 Å². The number of para-hydroxylation sites is 1. The van der Waals surface area contributed by atoms with Gasteiger partial charge in [0.15, 0.2) is 0 Å². The van der Waals surface area contributed by atoms with Gasteiger partial charge >= 0.3 is 0 Å². The molecule has 1 N–H and O–H groups in total. The lowest BCUT2D eigenvalue weighted by Gasteiger charge is -2.31. The highest BCUT2D eigenvalue weighted by Crippen LogP contribution is 2.26. The van der Waals surface area contributed by atoms with Crippen LogP contribution >= 0.6 is 0 Å². The van der Waals surface area contributed by atoms with E-state index in [-0.39, 0.29) is 17.3 Å². The number of nitrogens with one attached hydrogen (secondary N) is 1. The minimum atomic E-state index is -3.78. The Bertz CT molecular complexity index is 1170. The van der Waals surface area contributed by atoms with Gasteiger partial charge in [-0.15, -0.1) is 0 Å². The molecule has 0 spiro atoms. The quantitative estimate of drug-likeness (QED) is 0.588. The number of halogens is 1. The Hall–Kier alpha value is -3.23. The molecule has 1 atom stereocenters. The zero-order chi connectivity index (χ0) is 22.6. The molecule has 6 nitrogen and oxygen atoms in total. The van der Waals surface area contributed by atoms with E-state index in [1.807, 2.05) is 30.3 Å². The molecule has 4 rings (SSSR count). The summed E-state index contributed by atoms with van der Waals surface area (Å²) in [6.07, 6.45) is 1.17. The van der Waals surface area contributed by atoms with E-state index in [0.29, 0.717) is 36.6 Å². The molecule has 1 aliphatic heterocycles. The van der Waals surface area contributed by atoms with Gasteiger partial charge in [-0.25, -0.2) is 12.8 Å². The molecule has 8 heteroatoms. The average Bonchev–Trinajstić information content (AvgIpc) is 2.81. The number of hydrogen-bond donors (Lipinski definition) is 1. The van der Waals surface area contributed by atoms with Crippen molar-refractivity contribution in [2.45, 2.75) is 17.7 Å². The summed E-state index contributed by atoms with van der Waals surface area (Å²) in [5.74, 6) is 0.150. The fraction of sp³-hybridized carbons (Fsp3) is 0.208. The number of amides is 1. The second kappa shape index (κ2) is 9.50. The lowest BCUT2D eigenvalue weighted by atomic mass is 9.99. The minimum absolute atomic E-state index is 0.0222. The van der Waals surface area contributed by atoms with Crippen LogP contribution in [0.1, 0.15) is 12.8 Å². The topological polar surface area (TPSA) is 75.7 Å². The normalized spacial score (nSPS) is 17.0. The highest BCUT2D eigenvalue weighted by Gasteiger charge is 2.33. The molecule has 1 heterocycles. The van der Waals surface area contributed by atoms with Crippen LogP contribution < -0.4 is 10.1 Å². The van der Waals surface area contributed by atoms with Crippen molar-refractivity contribution in [1.29, 1.82) is 0 Å². The molecule has 1 saturated heterocycles. The van der Waals surface area contributed by atoms with E-state index in [2.05, 4.69) is 5.32 Å². The van der Waals surface area contributed by atoms with Crippen LogP contribution in [0, 0.1) is 11.7 Å². The summed E-state index contributed by atoms with van der Waals surface area (Å²) in [7, 11) is -3.78. The molecule has 1 amide bonds. The molecule has 0 saturated carbocycles. The molecule has 3 aromatic carbocycles. The number of sulfonamides is 1. The third kappa shape index (κ3) is 5.15. The van der Waals surface area contributed by atoms with Gasteiger partial charge in [0.05, 0.1) is 10.8 Å². The van der Waals surface area contributed by atoms with E-state index in [0.717, 1.165) is 12.1 Å². The van der Waals surface area contributed by atoms with Gasteiger partial charge in [-0.05, 0) is 73.5 Å². The number of benzene rings is 3. The van der Waals surface area contributed by atoms with Crippen LogP contribution in [0.25, 0.3) is 0 Å². The molecule has 32 heavy (non-hydrogen) atoms. The maximum atomic E-state index is 13.2. The Balaban J connectivity index is 1.38. The fourth-order valence-corrected chi connectivity index (χ4v) is 5.13. The summed E-state index contributed by atoms with van der Waals surface area (Å²) in [6, 6.07) is 21.1. The Kier molecular flexibility index (Phi) is 6.53. The maximum absolute atomic E-state index is 13.2. The second-order valence-electron chi connectivity index (χ2n) is 7.58. The van der Waals surface area contributed by atoms with Gasteiger partial charge in [0.25, 0.3) is 0 Å². The predicted octanol–water partition coefficient (Wildman–Crippen LogP) is 4.66. The summed E-state index contributed by atoms with van der Waals surface area (Å²) >= 11 is 0. The van der Waals surface area contributed by atoms with Crippen molar-refractivity contribution < 1.29 is 22.3 Å². The molecule has 3 aromatic rings. The number of ether oxygens (including phenoxy) is 1. The van der Waals surface area contributed by atoms with Crippen LogP contribution in [0.15, 0.2) is 83.8 Å². The number of carbonyl (C=O) groups is 1. The Morgan fingerprint density at radius 3 is 2.28 bits per heavy atom. The average molecular weight is 455 g/mol. The first kappa shape index (κ1) is 22.0. The van der Waals surface area contributed by atoms with Crippen molar-refractivity contribution in [3.05, 3.63) is 84.7 Å². The van der Waals surface area contributed by atoms with E-state index in [1.165, 1.54) is 16.4 Å². The van der Waals surface area contributed by atoms with Crippen molar-refractivity contribution in [3.63, 3.8) is 0 Å². The van der Waals surface area contributed by atoms with Crippen LogP contribution in [0.3, 0.4) is 0 Å². The third-order valence-corrected chi connectivity index (χ3v) is 7.19. The molecule has 0 bridgehead atoms. The molecule has 0 aliphatic carbocycles. The van der Waals surface area contributed by atoms with Gasteiger partial charge in [0.2, 0.25) is 15.9 Å². The van der Waals surface area contributed by atoms with E-state index in [1.54, 1.807) is 24.3 Å². The lowest BCUT2D eigenvalue weighted by Crippen LogP contribution is -2.43. The molecule has 1 unspecified atom stereocenters. The number of hydrogen-bond acceptors (Lipinski definition) is 4. The van der Waals surface area contributed by atoms with E-state index >= 15 is 0 Å². The van der Waals surface area contributed by atoms with Crippen LogP contribution in [0.2, 0.25) is 0 Å². The first-order valence-electron chi connectivity index (χ1n) is 10.3. The standard InChI is InChI=1S/C24H23FN2O4S/c25-19-8-14-23(15-9-19)32(29,30)27-16-4-5-18(17-27)24(28)26-20-10-12-22(13-11-20)31-21-6-2-1-3-7-21/h1-3,6-15,18H,4-5,16-17H2,(H,26,28). The van der Waals surface area contributed by atoms with Gasteiger partial charge in [-0.3, -0.25) is 4.79 Å². The fourth-order valence-electron chi connectivity index (χ4n) is 3.61. The van der Waals surface area contributed by atoms with Crippen molar-refractivity contribution in [2.24, 2.45) is 5.92 Å². The minimum Gasteiger partial charge on any atom is -0.457 e. The SMILES string of the molecule is O=C(Nc1ccc(Oc2ccccc2)cc1)C1CCCN(S(=O)(=O)c2ccc(F)cc2)C1. The van der Waals surface area contributed by atoms with Crippen molar-refractivity contribution in [2.75, 3.05) is 18.4 Å². The summed E-state index contributed by atoms with van der Waals surface area (Å²) in [5.41, 5.74) is 0.605. The van der Waals surface area contributed by atoms with Gasteiger partial charge in [-0.2, -0.15) is 4.31 Å². The monoisotopic (exact) mass is 454 g/mol. The molecular formula is C24H23FN2O4S. The predicted molar refractivity (Wildman–Crippen MR) is 119 cm³/mol. The number of rotatable bonds is 6. The molecule has 1 aliphatic rings. The Morgan fingerprint density at radius 2 is 1.59 bits per heavy atom. The van der Waals surface area contributed by atoms with E-state index in [9.17, 15) is 17.6 Å². The summed E-state index contributed by atoms with van der Waals surface area (Å²) < 4.78 is 45.9. The Labute approximate surface area is 186 Å². The van der Waals surface area contributed by atoms with Gasteiger partial charge < -0.3 is 10.1 Å². The number of anilines is 1. The van der Waals surface area contributed by atoms with E-state index < -0.39 is 21.8 Å². The summed E-state index contributed by atoms with van der Waals surface area (Å²) in [6.45, 7) is 0.412. The Morgan fingerprint density at radius 1 is 0.938 bits per heavy atom. The van der Waals surface area contributed by atoms with Crippen molar-refractivity contribution in [1.82, 2.24) is 4.31 Å². The van der Waals surface area contributed by atoms with Crippen LogP contribution in [-0.4, -0.2) is 31.7 Å². The molecule has 0 aromatic heterocycles. The molecule has 0 radical (unpaired) electrons. The van der Waals surface area contributed by atoms with Crippen LogP contribution in [-0.2, 0) is 14.8 Å². The largest absolute Gasteiger partial charge is 0.457 e. The van der Waals surface area contributed by atoms with Gasteiger partial charge in [-0.1, -0.05) is 18.2 Å².